The second kappa shape index (κ2) is 5.27. The molecule has 3 nitrogen and oxygen atoms in total. The fourth-order valence-corrected chi connectivity index (χ4v) is 1.68. The maximum atomic E-state index is 12.9. The summed E-state index contributed by atoms with van der Waals surface area (Å²) < 4.78 is 18.4. The van der Waals surface area contributed by atoms with Crippen LogP contribution in [0.15, 0.2) is 30.5 Å². The molecule has 2 N–H and O–H groups in total. The van der Waals surface area contributed by atoms with Crippen LogP contribution >= 0.6 is 11.6 Å². The molecule has 1 aromatic heterocycles. The van der Waals surface area contributed by atoms with Crippen LogP contribution in [0.4, 0.5) is 10.2 Å². The summed E-state index contributed by atoms with van der Waals surface area (Å²) >= 11 is 5.90. The van der Waals surface area contributed by atoms with Crippen LogP contribution in [0.3, 0.4) is 0 Å². The molecular formula is C12H11BClFN2O. The third-order valence-electron chi connectivity index (χ3n) is 2.42. The number of hydrogen-bond acceptors (Lipinski definition) is 3. The number of nitrogen functional groups attached to an aromatic ring is 1. The third-order valence-corrected chi connectivity index (χ3v) is 2.77. The summed E-state index contributed by atoms with van der Waals surface area (Å²) in [4.78, 5) is 3.99. The third kappa shape index (κ3) is 2.93. The quantitative estimate of drug-likeness (QED) is 0.850. The largest absolute Gasteiger partial charge is 0.485 e. The predicted molar refractivity (Wildman–Crippen MR) is 72.6 cm³/mol. The van der Waals surface area contributed by atoms with Crippen LogP contribution in [0, 0.1) is 5.82 Å². The normalized spacial score (nSPS) is 10.3. The van der Waals surface area contributed by atoms with Crippen molar-refractivity contribution in [3.8, 4) is 5.75 Å². The van der Waals surface area contributed by atoms with Crippen LogP contribution in [0.25, 0.3) is 0 Å². The molecule has 2 rings (SSSR count). The second-order valence-corrected chi connectivity index (χ2v) is 4.33. The topological polar surface area (TPSA) is 48.1 Å². The number of rotatable bonds is 3. The number of pyridine rings is 1. The van der Waals surface area contributed by atoms with E-state index in [2.05, 4.69) is 4.98 Å². The first kappa shape index (κ1) is 12.7. The molecule has 0 aliphatic carbocycles. The van der Waals surface area contributed by atoms with Gasteiger partial charge in [-0.2, -0.15) is 0 Å². The Morgan fingerprint density at radius 1 is 1.39 bits per heavy atom. The van der Waals surface area contributed by atoms with Crippen molar-refractivity contribution in [3.63, 3.8) is 0 Å². The van der Waals surface area contributed by atoms with E-state index >= 15 is 0 Å². The van der Waals surface area contributed by atoms with E-state index in [0.29, 0.717) is 22.2 Å². The Kier molecular flexibility index (Phi) is 3.72. The van der Waals surface area contributed by atoms with Gasteiger partial charge in [0.1, 0.15) is 20.3 Å². The summed E-state index contributed by atoms with van der Waals surface area (Å²) in [5.74, 6) is 0.440. The Balaban J connectivity index is 2.13. The minimum atomic E-state index is -0.375. The summed E-state index contributed by atoms with van der Waals surface area (Å²) in [5, 5.41) is 0.328. The molecule has 0 spiro atoms. The average molecular weight is 264 g/mol. The Bertz CT molecular complexity index is 580. The minimum Gasteiger partial charge on any atom is -0.485 e. The molecule has 1 aromatic carbocycles. The lowest BCUT2D eigenvalue weighted by Crippen LogP contribution is -2.08. The van der Waals surface area contributed by atoms with E-state index in [1.54, 1.807) is 18.3 Å². The van der Waals surface area contributed by atoms with Gasteiger partial charge in [-0.3, -0.25) is 0 Å². The molecule has 0 aliphatic rings. The number of nitrogens with two attached hydrogens (primary N) is 1. The molecule has 0 bridgehead atoms. The van der Waals surface area contributed by atoms with Crippen molar-refractivity contribution in [1.29, 1.82) is 0 Å². The van der Waals surface area contributed by atoms with Gasteiger partial charge < -0.3 is 10.5 Å². The second-order valence-electron chi connectivity index (χ2n) is 3.92. The molecule has 0 saturated carbocycles. The lowest BCUT2D eigenvalue weighted by atomic mass is 9.99. The van der Waals surface area contributed by atoms with Crippen molar-refractivity contribution in [2.75, 3.05) is 5.73 Å². The van der Waals surface area contributed by atoms with Gasteiger partial charge >= 0.3 is 0 Å². The molecule has 0 fully saturated rings. The van der Waals surface area contributed by atoms with E-state index in [9.17, 15) is 4.39 Å². The molecule has 0 atom stereocenters. The van der Waals surface area contributed by atoms with Crippen LogP contribution in [-0.2, 0) is 6.61 Å². The number of hydrogen-bond donors (Lipinski definition) is 1. The molecule has 18 heavy (non-hydrogen) atoms. The van der Waals surface area contributed by atoms with E-state index in [1.807, 2.05) is 7.85 Å². The predicted octanol–water partition coefficient (Wildman–Crippen LogP) is 1.29. The highest BCUT2D eigenvalue weighted by Gasteiger charge is 2.06. The molecule has 2 aromatic rings. The average Bonchev–Trinajstić information content (AvgIpc) is 2.32. The molecule has 0 aliphatic heterocycles. The fraction of sp³-hybridized carbons (Fsp3) is 0.0833. The molecule has 0 amide bonds. The van der Waals surface area contributed by atoms with Crippen molar-refractivity contribution in [2.45, 2.75) is 6.61 Å². The molecule has 0 radical (unpaired) electrons. The highest BCUT2D eigenvalue weighted by atomic mass is 35.5. The van der Waals surface area contributed by atoms with Crippen LogP contribution in [0.2, 0.25) is 5.02 Å². The highest BCUT2D eigenvalue weighted by Crippen LogP contribution is 2.21. The van der Waals surface area contributed by atoms with Crippen molar-refractivity contribution in [2.24, 2.45) is 0 Å². The first-order valence-corrected chi connectivity index (χ1v) is 5.73. The zero-order valence-electron chi connectivity index (χ0n) is 9.78. The van der Waals surface area contributed by atoms with Gasteiger partial charge in [-0.05, 0) is 18.2 Å². The molecule has 0 saturated heterocycles. The van der Waals surface area contributed by atoms with Crippen LogP contribution in [0.1, 0.15) is 5.56 Å². The maximum absolute atomic E-state index is 12.9. The number of aromatic nitrogens is 1. The van der Waals surface area contributed by atoms with Gasteiger partial charge in [0.2, 0.25) is 0 Å². The van der Waals surface area contributed by atoms with E-state index in [-0.39, 0.29) is 12.4 Å². The number of nitrogens with zero attached hydrogens (tertiary/aromatic N) is 1. The number of halogens is 2. The first-order chi connectivity index (χ1) is 8.56. The van der Waals surface area contributed by atoms with E-state index < -0.39 is 0 Å². The fourth-order valence-electron chi connectivity index (χ4n) is 1.46. The Labute approximate surface area is 110 Å². The molecular weight excluding hydrogens is 253 g/mol. The van der Waals surface area contributed by atoms with Gasteiger partial charge in [-0.1, -0.05) is 23.1 Å². The Hall–Kier alpha value is -1.75. The van der Waals surface area contributed by atoms with Crippen LogP contribution < -0.4 is 15.9 Å². The lowest BCUT2D eigenvalue weighted by Gasteiger charge is -2.10. The summed E-state index contributed by atoms with van der Waals surface area (Å²) in [5.41, 5.74) is 7.33. The zero-order chi connectivity index (χ0) is 13.1. The molecule has 0 unspecified atom stereocenters. The monoisotopic (exact) mass is 264 g/mol. The number of ether oxygens (including phenoxy) is 1. The van der Waals surface area contributed by atoms with Gasteiger partial charge in [0.15, 0.2) is 11.6 Å². The van der Waals surface area contributed by atoms with E-state index in [4.69, 9.17) is 22.1 Å². The van der Waals surface area contributed by atoms with Crippen molar-refractivity contribution < 1.29 is 9.13 Å². The SMILES string of the molecule is Bc1cnc(N)c(OCc2ccc(F)cc2Cl)c1. The van der Waals surface area contributed by atoms with Gasteiger partial charge in [-0.25, -0.2) is 9.37 Å². The van der Waals surface area contributed by atoms with Gasteiger partial charge in [0.05, 0.1) is 5.02 Å². The Morgan fingerprint density at radius 3 is 2.89 bits per heavy atom. The lowest BCUT2D eigenvalue weighted by molar-refractivity contribution is 0.307. The van der Waals surface area contributed by atoms with Crippen LogP contribution in [0.5, 0.6) is 5.75 Å². The smallest absolute Gasteiger partial charge is 0.166 e. The summed E-state index contributed by atoms with van der Waals surface area (Å²) in [7, 11) is 1.89. The maximum Gasteiger partial charge on any atom is 0.166 e. The first-order valence-electron chi connectivity index (χ1n) is 5.35. The number of anilines is 1. The standard InChI is InChI=1S/C12H11BClFN2O/c13-8-3-11(12(16)17-5-8)18-6-7-1-2-9(15)4-10(7)14/h1-5H,6,13H2,(H2,16,17). The van der Waals surface area contributed by atoms with Crippen molar-refractivity contribution in [3.05, 3.63) is 46.9 Å². The van der Waals surface area contributed by atoms with Gasteiger partial charge in [0.25, 0.3) is 0 Å². The number of benzene rings is 1. The van der Waals surface area contributed by atoms with Crippen molar-refractivity contribution >= 4 is 30.7 Å². The van der Waals surface area contributed by atoms with E-state index in [1.165, 1.54) is 12.1 Å². The highest BCUT2D eigenvalue weighted by molar-refractivity contribution is 6.32. The summed E-state index contributed by atoms with van der Waals surface area (Å²) in [6, 6.07) is 5.96. The Morgan fingerprint density at radius 2 is 2.17 bits per heavy atom. The summed E-state index contributed by atoms with van der Waals surface area (Å²) in [6.07, 6.45) is 1.66. The summed E-state index contributed by atoms with van der Waals surface area (Å²) in [6.45, 7) is 0.217. The van der Waals surface area contributed by atoms with E-state index in [0.717, 1.165) is 5.46 Å². The van der Waals surface area contributed by atoms with Gasteiger partial charge in [0, 0.05) is 11.8 Å². The molecule has 1 heterocycles. The van der Waals surface area contributed by atoms with Crippen LogP contribution in [-0.4, -0.2) is 12.8 Å². The molecule has 6 heteroatoms. The molecule has 92 valence electrons. The van der Waals surface area contributed by atoms with Gasteiger partial charge in [-0.15, -0.1) is 0 Å². The van der Waals surface area contributed by atoms with Crippen molar-refractivity contribution in [1.82, 2.24) is 4.98 Å². The minimum absolute atomic E-state index is 0.217. The zero-order valence-corrected chi connectivity index (χ0v) is 10.5.